The fourth-order valence-electron chi connectivity index (χ4n) is 3.48. The SMILES string of the molecule is [2H]c1c([2H])c([2H])c2c(oc3cc(-c4cccc5oc6c([2H])c([2H])c([2H])c([2H])c6c45)c(Br)cc32)c1[2H]. The molecule has 2 aromatic heterocycles. The van der Waals surface area contributed by atoms with Crippen molar-refractivity contribution in [2.45, 2.75) is 0 Å². The molecule has 0 aliphatic rings. The maximum absolute atomic E-state index is 8.47. The Kier molecular flexibility index (Phi) is 1.88. The molecule has 0 bridgehead atoms. The Morgan fingerprint density at radius 3 is 2.22 bits per heavy atom. The normalized spacial score (nSPS) is 16.0. The van der Waals surface area contributed by atoms with E-state index in [0.29, 0.717) is 42.9 Å². The highest BCUT2D eigenvalue weighted by Crippen LogP contribution is 2.42. The van der Waals surface area contributed by atoms with Gasteiger partial charge in [-0.15, -0.1) is 0 Å². The van der Waals surface area contributed by atoms with E-state index in [1.165, 1.54) is 0 Å². The van der Waals surface area contributed by atoms with E-state index in [1.807, 2.05) is 6.07 Å². The zero-order valence-corrected chi connectivity index (χ0v) is 15.2. The maximum atomic E-state index is 8.47. The largest absolute Gasteiger partial charge is 0.456 e. The van der Waals surface area contributed by atoms with E-state index in [9.17, 15) is 0 Å². The first-order valence-electron chi connectivity index (χ1n) is 12.2. The zero-order chi connectivity index (χ0) is 24.9. The molecule has 6 rings (SSSR count). The van der Waals surface area contributed by atoms with Crippen molar-refractivity contribution in [1.82, 2.24) is 0 Å². The van der Waals surface area contributed by atoms with Crippen molar-refractivity contribution in [2.75, 3.05) is 0 Å². The van der Waals surface area contributed by atoms with Crippen molar-refractivity contribution >= 4 is 59.8 Å². The van der Waals surface area contributed by atoms with Crippen LogP contribution in [0.2, 0.25) is 0 Å². The number of hydrogen-bond acceptors (Lipinski definition) is 2. The van der Waals surface area contributed by atoms with Crippen LogP contribution in [0.1, 0.15) is 11.0 Å². The summed E-state index contributed by atoms with van der Waals surface area (Å²) in [5.41, 5.74) is 2.18. The minimum absolute atomic E-state index is 0.0659. The van der Waals surface area contributed by atoms with Crippen LogP contribution >= 0.6 is 15.9 Å². The summed E-state index contributed by atoms with van der Waals surface area (Å²) in [6.07, 6.45) is 0. The van der Waals surface area contributed by atoms with Gasteiger partial charge >= 0.3 is 0 Å². The summed E-state index contributed by atoms with van der Waals surface area (Å²) in [5.74, 6) is 0. The van der Waals surface area contributed by atoms with Gasteiger partial charge < -0.3 is 8.83 Å². The topological polar surface area (TPSA) is 26.3 Å². The molecule has 0 saturated heterocycles. The van der Waals surface area contributed by atoms with Gasteiger partial charge in [-0.25, -0.2) is 0 Å². The molecule has 0 saturated carbocycles. The van der Waals surface area contributed by atoms with Crippen LogP contribution in [-0.4, -0.2) is 0 Å². The molecule has 27 heavy (non-hydrogen) atoms. The molecular formula is C24H13BrO2. The molecular weight excluding hydrogens is 400 g/mol. The van der Waals surface area contributed by atoms with Crippen LogP contribution in [0.3, 0.4) is 0 Å². The Labute approximate surface area is 174 Å². The number of hydrogen-bond donors (Lipinski definition) is 0. The molecule has 0 aliphatic carbocycles. The third-order valence-electron chi connectivity index (χ3n) is 4.64. The molecule has 128 valence electrons. The number of fused-ring (bicyclic) bond motifs is 6. The van der Waals surface area contributed by atoms with Crippen molar-refractivity contribution < 1.29 is 19.8 Å². The zero-order valence-electron chi connectivity index (χ0n) is 21.6. The van der Waals surface area contributed by atoms with Gasteiger partial charge in [0.1, 0.15) is 22.3 Å². The van der Waals surface area contributed by atoms with E-state index in [4.69, 9.17) is 19.8 Å². The lowest BCUT2D eigenvalue weighted by Crippen LogP contribution is -1.82. The summed E-state index contributed by atoms with van der Waals surface area (Å²) in [6, 6.07) is 6.39. The van der Waals surface area contributed by atoms with Crippen molar-refractivity contribution in [3.05, 3.63) is 83.1 Å². The van der Waals surface area contributed by atoms with Crippen LogP contribution in [0.4, 0.5) is 0 Å². The Hall–Kier alpha value is -3.04. The first-order chi connectivity index (χ1) is 16.6. The van der Waals surface area contributed by atoms with Crippen molar-refractivity contribution in [3.8, 4) is 11.1 Å². The highest BCUT2D eigenvalue weighted by Gasteiger charge is 2.16. The molecule has 0 amide bonds. The average Bonchev–Trinajstić information content (AvgIpc) is 3.42. The predicted octanol–water partition coefficient (Wildman–Crippen LogP) is 7.91. The third-order valence-corrected chi connectivity index (χ3v) is 5.29. The maximum Gasteiger partial charge on any atom is 0.136 e. The molecule has 0 fully saturated rings. The van der Waals surface area contributed by atoms with E-state index >= 15 is 0 Å². The first-order valence-corrected chi connectivity index (χ1v) is 8.95. The Morgan fingerprint density at radius 2 is 1.37 bits per heavy atom. The molecule has 2 heterocycles. The highest BCUT2D eigenvalue weighted by molar-refractivity contribution is 9.10. The molecule has 0 spiro atoms. The van der Waals surface area contributed by atoms with Gasteiger partial charge in [0.05, 0.1) is 11.0 Å². The van der Waals surface area contributed by atoms with Gasteiger partial charge in [0.25, 0.3) is 0 Å². The van der Waals surface area contributed by atoms with E-state index in [0.717, 1.165) is 0 Å². The summed E-state index contributed by atoms with van der Waals surface area (Å²) in [4.78, 5) is 0. The second-order valence-corrected chi connectivity index (χ2v) is 6.97. The summed E-state index contributed by atoms with van der Waals surface area (Å²) >= 11 is 3.58. The highest BCUT2D eigenvalue weighted by atomic mass is 79.9. The van der Waals surface area contributed by atoms with Crippen LogP contribution in [-0.2, 0) is 0 Å². The molecule has 0 radical (unpaired) electrons. The summed E-state index contributed by atoms with van der Waals surface area (Å²) in [7, 11) is 0. The number of halogens is 1. The van der Waals surface area contributed by atoms with Crippen LogP contribution in [0.25, 0.3) is 55.0 Å². The molecule has 4 aromatic carbocycles. The smallest absolute Gasteiger partial charge is 0.136 e. The molecule has 0 unspecified atom stereocenters. The van der Waals surface area contributed by atoms with Crippen molar-refractivity contribution in [3.63, 3.8) is 0 Å². The number of benzene rings is 4. The monoisotopic (exact) mass is 420 g/mol. The summed E-state index contributed by atoms with van der Waals surface area (Å²) < 4.78 is 77.6. The van der Waals surface area contributed by atoms with Gasteiger partial charge in [-0.05, 0) is 35.8 Å². The summed E-state index contributed by atoms with van der Waals surface area (Å²) in [5, 5.41) is 1.61. The van der Waals surface area contributed by atoms with E-state index in [2.05, 4.69) is 15.9 Å². The molecule has 3 heteroatoms. The molecule has 2 nitrogen and oxygen atoms in total. The minimum Gasteiger partial charge on any atom is -0.456 e. The van der Waals surface area contributed by atoms with Gasteiger partial charge in [-0.3, -0.25) is 0 Å². The molecule has 6 aromatic rings. The van der Waals surface area contributed by atoms with Crippen molar-refractivity contribution in [2.24, 2.45) is 0 Å². The van der Waals surface area contributed by atoms with Gasteiger partial charge in [0, 0.05) is 31.6 Å². The van der Waals surface area contributed by atoms with Crippen LogP contribution < -0.4 is 0 Å². The van der Waals surface area contributed by atoms with Gasteiger partial charge in [-0.2, -0.15) is 0 Å². The van der Waals surface area contributed by atoms with Crippen LogP contribution in [0.15, 0.2) is 92.0 Å². The quantitative estimate of drug-likeness (QED) is 0.270. The van der Waals surface area contributed by atoms with Crippen LogP contribution in [0.5, 0.6) is 0 Å². The van der Waals surface area contributed by atoms with Crippen LogP contribution in [0, 0.1) is 0 Å². The van der Waals surface area contributed by atoms with Gasteiger partial charge in [0.2, 0.25) is 0 Å². The summed E-state index contributed by atoms with van der Waals surface area (Å²) in [6.45, 7) is 0. The van der Waals surface area contributed by atoms with Gasteiger partial charge in [0.15, 0.2) is 0 Å². The Bertz CT molecular complexity index is 1900. The Morgan fingerprint density at radius 1 is 0.667 bits per heavy atom. The third kappa shape index (κ3) is 2.12. The lowest BCUT2D eigenvalue weighted by Gasteiger charge is -2.07. The lowest BCUT2D eigenvalue weighted by molar-refractivity contribution is 0.668. The fraction of sp³-hybridized carbons (Fsp3) is 0. The Balaban J connectivity index is 1.74. The number of rotatable bonds is 1. The number of furan rings is 2. The minimum atomic E-state index is -0.371. The second kappa shape index (κ2) is 5.48. The first kappa shape index (κ1) is 9.25. The lowest BCUT2D eigenvalue weighted by atomic mass is 9.98. The van der Waals surface area contributed by atoms with E-state index in [-0.39, 0.29) is 64.9 Å². The average molecular weight is 421 g/mol. The number of para-hydroxylation sites is 2. The molecule has 0 N–H and O–H groups in total. The fourth-order valence-corrected chi connectivity index (χ4v) is 4.04. The van der Waals surface area contributed by atoms with Gasteiger partial charge in [-0.1, -0.05) is 64.3 Å². The second-order valence-electron chi connectivity index (χ2n) is 6.12. The molecule has 0 atom stereocenters. The van der Waals surface area contributed by atoms with E-state index < -0.39 is 0 Å². The molecule has 0 aliphatic heterocycles. The predicted molar refractivity (Wildman–Crippen MR) is 114 cm³/mol. The van der Waals surface area contributed by atoms with E-state index in [1.54, 1.807) is 24.3 Å². The standard InChI is InChI=1S/C24H13BrO2/c25-19-12-18-14-6-1-3-9-20(14)27-23(18)13-17(19)15-8-5-11-22-24(15)16-7-2-4-10-21(16)26-22/h1-13H/i1D,2D,3D,4D,6D,7D,9D,10D. The van der Waals surface area contributed by atoms with Crippen molar-refractivity contribution in [1.29, 1.82) is 0 Å².